The van der Waals surface area contributed by atoms with Gasteiger partial charge in [-0.3, -0.25) is 4.99 Å². The maximum absolute atomic E-state index is 12.6. The first-order chi connectivity index (χ1) is 13.8. The van der Waals surface area contributed by atoms with Gasteiger partial charge < -0.3 is 20.0 Å². The lowest BCUT2D eigenvalue weighted by molar-refractivity contribution is -0.137. The van der Waals surface area contributed by atoms with Crippen LogP contribution in [0.5, 0.6) is 0 Å². The molecule has 0 bridgehead atoms. The quantitative estimate of drug-likeness (QED) is 0.822. The fourth-order valence-electron chi connectivity index (χ4n) is 3.48. The Balaban J connectivity index is 1.32. The summed E-state index contributed by atoms with van der Waals surface area (Å²) in [7, 11) is 0. The maximum atomic E-state index is 12.6. The van der Waals surface area contributed by atoms with Crippen molar-refractivity contribution in [2.24, 2.45) is 9.98 Å². The van der Waals surface area contributed by atoms with E-state index in [0.717, 1.165) is 30.3 Å². The monoisotopic (exact) mass is 406 g/mol. The Morgan fingerprint density at radius 1 is 1.14 bits per heavy atom. The molecular weight excluding hydrogens is 385 g/mol. The molecule has 1 aromatic rings. The molecule has 1 saturated heterocycles. The Hall–Kier alpha value is -3.04. The lowest BCUT2D eigenvalue weighted by atomic mass is 10.2. The molecule has 0 spiro atoms. The minimum absolute atomic E-state index is 0.248. The fourth-order valence-corrected chi connectivity index (χ4v) is 3.48. The second-order valence-electron chi connectivity index (χ2n) is 7.22. The molecular formula is C19H21F3N6O. The SMILES string of the molecule is C[C@@H]1CN2C=NC(N3CCN(C(=O)Nc4ccc(C(F)(F)F)cc4)CC3)=CC2=N1. The average Bonchev–Trinajstić information content (AvgIpc) is 3.07. The molecule has 0 radical (unpaired) electrons. The summed E-state index contributed by atoms with van der Waals surface area (Å²) in [6.45, 7) is 5.11. The maximum Gasteiger partial charge on any atom is 0.416 e. The van der Waals surface area contributed by atoms with E-state index in [1.807, 2.05) is 11.0 Å². The van der Waals surface area contributed by atoms with Crippen molar-refractivity contribution in [3.63, 3.8) is 0 Å². The number of anilines is 1. The molecule has 7 nitrogen and oxygen atoms in total. The van der Waals surface area contributed by atoms with Gasteiger partial charge in [0.25, 0.3) is 0 Å². The first kappa shape index (κ1) is 19.3. The third-order valence-electron chi connectivity index (χ3n) is 5.05. The minimum Gasteiger partial charge on any atom is -0.353 e. The summed E-state index contributed by atoms with van der Waals surface area (Å²) in [5.41, 5.74) is -0.413. The summed E-state index contributed by atoms with van der Waals surface area (Å²) < 4.78 is 37.9. The van der Waals surface area contributed by atoms with Crippen molar-refractivity contribution in [3.8, 4) is 0 Å². The predicted molar refractivity (Wildman–Crippen MR) is 104 cm³/mol. The molecule has 0 aliphatic carbocycles. The number of urea groups is 1. The van der Waals surface area contributed by atoms with Gasteiger partial charge in [-0.1, -0.05) is 0 Å². The molecule has 3 aliphatic heterocycles. The zero-order valence-electron chi connectivity index (χ0n) is 15.9. The number of amides is 2. The van der Waals surface area contributed by atoms with Crippen molar-refractivity contribution in [2.75, 3.05) is 38.0 Å². The van der Waals surface area contributed by atoms with E-state index in [-0.39, 0.29) is 12.1 Å². The van der Waals surface area contributed by atoms with Gasteiger partial charge in [-0.2, -0.15) is 13.2 Å². The molecule has 3 aliphatic rings. The van der Waals surface area contributed by atoms with Gasteiger partial charge in [0.2, 0.25) is 0 Å². The number of hydrogen-bond donors (Lipinski definition) is 1. The van der Waals surface area contributed by atoms with Gasteiger partial charge in [-0.15, -0.1) is 0 Å². The summed E-state index contributed by atoms with van der Waals surface area (Å²) in [4.78, 5) is 27.2. The van der Waals surface area contributed by atoms with Crippen LogP contribution in [-0.2, 0) is 6.18 Å². The number of halogens is 3. The standard InChI is InChI=1S/C19H21F3N6O/c1-13-11-28-12-23-16(10-17(28)24-13)26-6-8-27(9-7-26)18(29)25-15-4-2-14(3-5-15)19(20,21)22/h2-5,10,12-13H,6-9,11H2,1H3,(H,25,29)/t13-/m1/s1. The second kappa shape index (κ2) is 7.41. The number of amidine groups is 1. The van der Waals surface area contributed by atoms with E-state index in [0.29, 0.717) is 31.9 Å². The average molecular weight is 406 g/mol. The molecule has 10 heteroatoms. The summed E-state index contributed by atoms with van der Waals surface area (Å²) >= 11 is 0. The van der Waals surface area contributed by atoms with Crippen LogP contribution in [-0.4, -0.2) is 71.7 Å². The third kappa shape index (κ3) is 4.20. The molecule has 1 atom stereocenters. The molecule has 1 N–H and O–H groups in total. The number of piperazine rings is 1. The van der Waals surface area contributed by atoms with Gasteiger partial charge in [0.05, 0.1) is 17.9 Å². The minimum atomic E-state index is -4.39. The number of nitrogens with zero attached hydrogens (tertiary/aromatic N) is 5. The molecule has 3 heterocycles. The number of carbonyl (C=O) groups excluding carboxylic acids is 1. The topological polar surface area (TPSA) is 63.5 Å². The van der Waals surface area contributed by atoms with Gasteiger partial charge in [-0.05, 0) is 31.2 Å². The number of alkyl halides is 3. The first-order valence-electron chi connectivity index (χ1n) is 9.38. The van der Waals surface area contributed by atoms with E-state index in [9.17, 15) is 18.0 Å². The number of aliphatic imine (C=N–C) groups is 2. The van der Waals surface area contributed by atoms with Crippen molar-refractivity contribution in [2.45, 2.75) is 19.1 Å². The Morgan fingerprint density at radius 3 is 2.48 bits per heavy atom. The highest BCUT2D eigenvalue weighted by Crippen LogP contribution is 2.30. The van der Waals surface area contributed by atoms with Crippen LogP contribution in [0.3, 0.4) is 0 Å². The summed E-state index contributed by atoms with van der Waals surface area (Å²) in [5.74, 6) is 1.74. The Kier molecular flexibility index (Phi) is 4.93. The molecule has 4 rings (SSSR count). The van der Waals surface area contributed by atoms with Crippen LogP contribution < -0.4 is 5.32 Å². The van der Waals surface area contributed by atoms with Crippen LogP contribution in [0.1, 0.15) is 12.5 Å². The van der Waals surface area contributed by atoms with Crippen LogP contribution in [0.15, 0.2) is 46.1 Å². The van der Waals surface area contributed by atoms with Crippen LogP contribution in [0.4, 0.5) is 23.7 Å². The molecule has 0 aromatic heterocycles. The highest BCUT2D eigenvalue weighted by molar-refractivity contribution is 6.03. The first-order valence-corrected chi connectivity index (χ1v) is 9.38. The largest absolute Gasteiger partial charge is 0.416 e. The summed E-state index contributed by atoms with van der Waals surface area (Å²) in [6, 6.07) is 4.35. The Morgan fingerprint density at radius 2 is 1.83 bits per heavy atom. The number of nitrogens with one attached hydrogen (secondary N) is 1. The van der Waals surface area contributed by atoms with Gasteiger partial charge >= 0.3 is 12.2 Å². The van der Waals surface area contributed by atoms with E-state index in [2.05, 4.69) is 27.1 Å². The Labute approximate surface area is 166 Å². The van der Waals surface area contributed by atoms with Crippen LogP contribution in [0.2, 0.25) is 0 Å². The van der Waals surface area contributed by atoms with Crippen molar-refractivity contribution in [1.29, 1.82) is 0 Å². The van der Waals surface area contributed by atoms with Gasteiger partial charge in [-0.25, -0.2) is 9.79 Å². The fraction of sp³-hybridized carbons (Fsp3) is 0.421. The van der Waals surface area contributed by atoms with Crippen molar-refractivity contribution in [1.82, 2.24) is 14.7 Å². The number of carbonyl (C=O) groups is 1. The van der Waals surface area contributed by atoms with Crippen molar-refractivity contribution in [3.05, 3.63) is 41.7 Å². The van der Waals surface area contributed by atoms with E-state index in [1.165, 1.54) is 12.1 Å². The molecule has 0 saturated carbocycles. The summed E-state index contributed by atoms with van der Waals surface area (Å²) in [5, 5.41) is 2.65. The highest BCUT2D eigenvalue weighted by Gasteiger charge is 2.30. The zero-order chi connectivity index (χ0) is 20.6. The number of fused-ring (bicyclic) bond motifs is 1. The van der Waals surface area contributed by atoms with Crippen LogP contribution in [0, 0.1) is 0 Å². The molecule has 154 valence electrons. The van der Waals surface area contributed by atoms with Crippen molar-refractivity contribution < 1.29 is 18.0 Å². The van der Waals surface area contributed by atoms with E-state index < -0.39 is 11.7 Å². The lowest BCUT2D eigenvalue weighted by Crippen LogP contribution is -2.49. The lowest BCUT2D eigenvalue weighted by Gasteiger charge is -2.36. The number of rotatable bonds is 2. The molecule has 1 fully saturated rings. The molecule has 2 amide bonds. The van der Waals surface area contributed by atoms with E-state index >= 15 is 0 Å². The van der Waals surface area contributed by atoms with Crippen LogP contribution >= 0.6 is 0 Å². The summed E-state index contributed by atoms with van der Waals surface area (Å²) in [6.07, 6.45) is -0.642. The number of hydrogen-bond acceptors (Lipinski definition) is 5. The van der Waals surface area contributed by atoms with Crippen LogP contribution in [0.25, 0.3) is 0 Å². The van der Waals surface area contributed by atoms with E-state index in [4.69, 9.17) is 0 Å². The Bertz CT molecular complexity index is 869. The second-order valence-corrected chi connectivity index (χ2v) is 7.22. The van der Waals surface area contributed by atoms with Crippen molar-refractivity contribution >= 4 is 23.9 Å². The van der Waals surface area contributed by atoms with E-state index in [1.54, 1.807) is 11.2 Å². The van der Waals surface area contributed by atoms with Gasteiger partial charge in [0.1, 0.15) is 11.7 Å². The van der Waals surface area contributed by atoms with Gasteiger partial charge in [0.15, 0.2) is 0 Å². The molecule has 0 unspecified atom stereocenters. The van der Waals surface area contributed by atoms with Gasteiger partial charge in [0, 0.05) is 44.5 Å². The predicted octanol–water partition coefficient (Wildman–Crippen LogP) is 2.84. The zero-order valence-corrected chi connectivity index (χ0v) is 15.9. The number of benzene rings is 1. The third-order valence-corrected chi connectivity index (χ3v) is 5.05. The molecule has 1 aromatic carbocycles. The normalized spacial score (nSPS) is 21.7. The molecule has 29 heavy (non-hydrogen) atoms. The highest BCUT2D eigenvalue weighted by atomic mass is 19.4. The smallest absolute Gasteiger partial charge is 0.353 e.